The molecule has 1 saturated carbocycles. The Labute approximate surface area is 159 Å². The van der Waals surface area contributed by atoms with Crippen LogP contribution in [0.15, 0.2) is 36.5 Å². The van der Waals surface area contributed by atoms with Crippen molar-refractivity contribution in [1.29, 1.82) is 0 Å². The Hall–Kier alpha value is -2.25. The number of carbonyl (C=O) groups is 1. The summed E-state index contributed by atoms with van der Waals surface area (Å²) in [7, 11) is 0. The lowest BCUT2D eigenvalue weighted by atomic mass is 9.91. The summed E-state index contributed by atoms with van der Waals surface area (Å²) < 4.78 is 1.60. The molecule has 144 valence electrons. The number of nitrogens with zero attached hydrogens (tertiary/aromatic N) is 4. The fourth-order valence-corrected chi connectivity index (χ4v) is 3.72. The van der Waals surface area contributed by atoms with Crippen LogP contribution >= 0.6 is 0 Å². The van der Waals surface area contributed by atoms with Gasteiger partial charge in [-0.2, -0.15) is 0 Å². The Morgan fingerprint density at radius 2 is 1.96 bits per heavy atom. The highest BCUT2D eigenvalue weighted by molar-refractivity contribution is 5.92. The molecular weight excluding hydrogens is 342 g/mol. The second-order valence-corrected chi connectivity index (χ2v) is 7.89. The largest absolute Gasteiger partial charge is 0.388 e. The van der Waals surface area contributed by atoms with Crippen LogP contribution in [-0.4, -0.2) is 55.6 Å². The molecule has 0 bridgehead atoms. The van der Waals surface area contributed by atoms with E-state index in [9.17, 15) is 9.90 Å². The van der Waals surface area contributed by atoms with Crippen molar-refractivity contribution in [3.8, 4) is 0 Å². The predicted molar refractivity (Wildman–Crippen MR) is 101 cm³/mol. The average molecular weight is 369 g/mol. The van der Waals surface area contributed by atoms with Crippen molar-refractivity contribution in [3.05, 3.63) is 47.8 Å². The molecule has 2 heterocycles. The molecule has 2 N–H and O–H groups in total. The second kappa shape index (κ2) is 7.78. The summed E-state index contributed by atoms with van der Waals surface area (Å²) in [6.07, 6.45) is 6.26. The van der Waals surface area contributed by atoms with E-state index in [-0.39, 0.29) is 11.9 Å². The number of benzene rings is 1. The van der Waals surface area contributed by atoms with Crippen molar-refractivity contribution >= 4 is 5.91 Å². The molecule has 1 aromatic carbocycles. The normalized spacial score (nSPS) is 20.2. The third kappa shape index (κ3) is 4.54. The van der Waals surface area contributed by atoms with Crippen molar-refractivity contribution in [2.24, 2.45) is 0 Å². The molecule has 1 saturated heterocycles. The molecule has 2 fully saturated rings. The minimum atomic E-state index is -0.803. The van der Waals surface area contributed by atoms with Crippen LogP contribution in [-0.2, 0) is 13.1 Å². The summed E-state index contributed by atoms with van der Waals surface area (Å²) in [4.78, 5) is 14.5. The molecule has 1 aliphatic heterocycles. The molecule has 1 amide bonds. The van der Waals surface area contributed by atoms with Gasteiger partial charge in [0.05, 0.1) is 18.3 Å². The van der Waals surface area contributed by atoms with Gasteiger partial charge in [-0.1, -0.05) is 35.5 Å². The Kier molecular flexibility index (Phi) is 5.22. The average Bonchev–Trinajstić information content (AvgIpc) is 3.09. The molecule has 7 heteroatoms. The molecule has 4 rings (SSSR count). The Bertz CT molecular complexity index is 764. The number of amides is 1. The SMILES string of the molecule is O=C(NC1CCC1)c1cn(CC2(O)CCN(Cc3ccccc3)CC2)nn1. The molecule has 1 aromatic heterocycles. The lowest BCUT2D eigenvalue weighted by Gasteiger charge is -2.38. The minimum absolute atomic E-state index is 0.171. The van der Waals surface area contributed by atoms with Crippen LogP contribution in [0.25, 0.3) is 0 Å². The number of carbonyl (C=O) groups excluding carboxylic acids is 1. The number of piperidine rings is 1. The highest BCUT2D eigenvalue weighted by Crippen LogP contribution is 2.25. The lowest BCUT2D eigenvalue weighted by Crippen LogP contribution is -2.46. The van der Waals surface area contributed by atoms with Crippen LogP contribution in [0, 0.1) is 0 Å². The van der Waals surface area contributed by atoms with Crippen LogP contribution in [0.5, 0.6) is 0 Å². The number of likely N-dealkylation sites (tertiary alicyclic amines) is 1. The maximum Gasteiger partial charge on any atom is 0.273 e. The van der Waals surface area contributed by atoms with E-state index in [2.05, 4.69) is 44.8 Å². The highest BCUT2D eigenvalue weighted by atomic mass is 16.3. The molecule has 0 unspecified atom stereocenters. The Morgan fingerprint density at radius 3 is 2.63 bits per heavy atom. The summed E-state index contributed by atoms with van der Waals surface area (Å²) >= 11 is 0. The van der Waals surface area contributed by atoms with Gasteiger partial charge in [0.2, 0.25) is 0 Å². The smallest absolute Gasteiger partial charge is 0.273 e. The zero-order chi connectivity index (χ0) is 18.7. The van der Waals surface area contributed by atoms with Crippen molar-refractivity contribution in [1.82, 2.24) is 25.2 Å². The molecule has 0 atom stereocenters. The van der Waals surface area contributed by atoms with E-state index in [0.29, 0.717) is 25.1 Å². The van der Waals surface area contributed by atoms with Gasteiger partial charge in [0.1, 0.15) is 0 Å². The van der Waals surface area contributed by atoms with Gasteiger partial charge in [0.15, 0.2) is 5.69 Å². The first-order chi connectivity index (χ1) is 13.1. The van der Waals surface area contributed by atoms with Crippen molar-refractivity contribution in [3.63, 3.8) is 0 Å². The van der Waals surface area contributed by atoms with Crippen molar-refractivity contribution in [2.75, 3.05) is 13.1 Å². The first kappa shape index (κ1) is 18.1. The zero-order valence-corrected chi connectivity index (χ0v) is 15.5. The van der Waals surface area contributed by atoms with Gasteiger partial charge in [-0.25, -0.2) is 4.68 Å². The molecular formula is C20H27N5O2. The van der Waals surface area contributed by atoms with Gasteiger partial charge in [0.25, 0.3) is 5.91 Å². The molecule has 27 heavy (non-hydrogen) atoms. The third-order valence-electron chi connectivity index (χ3n) is 5.70. The van der Waals surface area contributed by atoms with Crippen LogP contribution in [0.2, 0.25) is 0 Å². The van der Waals surface area contributed by atoms with E-state index < -0.39 is 5.60 Å². The second-order valence-electron chi connectivity index (χ2n) is 7.89. The van der Waals surface area contributed by atoms with E-state index in [4.69, 9.17) is 0 Å². The number of hydrogen-bond acceptors (Lipinski definition) is 5. The highest BCUT2D eigenvalue weighted by Gasteiger charge is 2.33. The summed E-state index contributed by atoms with van der Waals surface area (Å²) in [5.41, 5.74) is 0.816. The fourth-order valence-electron chi connectivity index (χ4n) is 3.72. The van der Waals surface area contributed by atoms with Gasteiger partial charge < -0.3 is 10.4 Å². The quantitative estimate of drug-likeness (QED) is 0.808. The number of rotatable bonds is 6. The molecule has 0 radical (unpaired) electrons. The number of aliphatic hydroxyl groups is 1. The number of hydrogen-bond donors (Lipinski definition) is 2. The maximum absolute atomic E-state index is 12.2. The minimum Gasteiger partial charge on any atom is -0.388 e. The zero-order valence-electron chi connectivity index (χ0n) is 15.5. The topological polar surface area (TPSA) is 83.3 Å². The Morgan fingerprint density at radius 1 is 1.22 bits per heavy atom. The van der Waals surface area contributed by atoms with Crippen LogP contribution in [0.4, 0.5) is 0 Å². The summed E-state index contributed by atoms with van der Waals surface area (Å²) in [6.45, 7) is 2.96. The van der Waals surface area contributed by atoms with Gasteiger partial charge >= 0.3 is 0 Å². The van der Waals surface area contributed by atoms with E-state index in [1.165, 1.54) is 12.0 Å². The standard InChI is InChI=1S/C20H27N5O2/c26-19(21-17-7-4-8-17)18-14-25(23-22-18)15-20(27)9-11-24(12-10-20)13-16-5-2-1-3-6-16/h1-3,5-6,14,17,27H,4,7-13,15H2,(H,21,26). The summed E-state index contributed by atoms with van der Waals surface area (Å²) in [5, 5.41) is 21.9. The van der Waals surface area contributed by atoms with E-state index in [1.54, 1.807) is 10.9 Å². The molecule has 0 spiro atoms. The van der Waals surface area contributed by atoms with Crippen LogP contribution in [0.1, 0.15) is 48.2 Å². The number of nitrogens with one attached hydrogen (secondary N) is 1. The number of aromatic nitrogens is 3. The van der Waals surface area contributed by atoms with E-state index in [0.717, 1.165) is 32.5 Å². The maximum atomic E-state index is 12.2. The molecule has 2 aromatic rings. The fraction of sp³-hybridized carbons (Fsp3) is 0.550. The first-order valence-electron chi connectivity index (χ1n) is 9.79. The van der Waals surface area contributed by atoms with Crippen LogP contribution in [0.3, 0.4) is 0 Å². The monoisotopic (exact) mass is 369 g/mol. The van der Waals surface area contributed by atoms with Crippen LogP contribution < -0.4 is 5.32 Å². The van der Waals surface area contributed by atoms with Gasteiger partial charge in [-0.05, 0) is 37.7 Å². The molecule has 2 aliphatic rings. The Balaban J connectivity index is 1.29. The van der Waals surface area contributed by atoms with E-state index in [1.807, 2.05) is 6.07 Å². The van der Waals surface area contributed by atoms with E-state index >= 15 is 0 Å². The summed E-state index contributed by atoms with van der Waals surface area (Å²) in [5.74, 6) is -0.171. The van der Waals surface area contributed by atoms with Gasteiger partial charge in [-0.15, -0.1) is 5.10 Å². The molecule has 1 aliphatic carbocycles. The first-order valence-corrected chi connectivity index (χ1v) is 9.79. The lowest BCUT2D eigenvalue weighted by molar-refractivity contribution is -0.0383. The third-order valence-corrected chi connectivity index (χ3v) is 5.70. The predicted octanol–water partition coefficient (Wildman–Crippen LogP) is 1.59. The van der Waals surface area contributed by atoms with Gasteiger partial charge in [0, 0.05) is 25.7 Å². The summed E-state index contributed by atoms with van der Waals surface area (Å²) in [6, 6.07) is 10.7. The van der Waals surface area contributed by atoms with Gasteiger partial charge in [-0.3, -0.25) is 9.69 Å². The van der Waals surface area contributed by atoms with Crippen molar-refractivity contribution in [2.45, 2.75) is 56.8 Å². The molecule has 7 nitrogen and oxygen atoms in total. The van der Waals surface area contributed by atoms with Crippen molar-refractivity contribution < 1.29 is 9.90 Å².